The minimum Gasteiger partial charge on any atom is -0.461 e. The molecule has 0 spiro atoms. The number of methoxy groups -OCH3 is 1. The van der Waals surface area contributed by atoms with Gasteiger partial charge in [-0.15, -0.1) is 11.8 Å². The van der Waals surface area contributed by atoms with Crippen LogP contribution in [0.25, 0.3) is 0 Å². The van der Waals surface area contributed by atoms with Crippen molar-refractivity contribution >= 4 is 46.8 Å². The van der Waals surface area contributed by atoms with E-state index >= 15 is 0 Å². The summed E-state index contributed by atoms with van der Waals surface area (Å²) < 4.78 is 4.36. The lowest BCUT2D eigenvalue weighted by Gasteiger charge is -2.28. The van der Waals surface area contributed by atoms with Crippen molar-refractivity contribution in [2.24, 2.45) is 0 Å². The molecule has 0 N–H and O–H groups in total. The predicted molar refractivity (Wildman–Crippen MR) is 70.3 cm³/mol. The molecule has 1 fully saturated rings. The van der Waals surface area contributed by atoms with Crippen molar-refractivity contribution in [2.75, 3.05) is 19.4 Å². The molecule has 1 amide bonds. The number of halogens is 2. The van der Waals surface area contributed by atoms with E-state index in [0.717, 1.165) is 23.8 Å². The summed E-state index contributed by atoms with van der Waals surface area (Å²) in [6.45, 7) is 0.214. The quantitative estimate of drug-likeness (QED) is 0.255. The SMILES string of the molecule is COC(=O)C(=C1SCCCN1C(=O)C(Cl)Cl)[N+](=O)[O-]. The number of carbonyl (C=O) groups excluding carboxylic acids is 2. The molecule has 7 nitrogen and oxygen atoms in total. The number of hydrogen-bond donors (Lipinski definition) is 0. The lowest BCUT2D eigenvalue weighted by atomic mass is 10.3. The molecule has 1 aliphatic heterocycles. The number of hydrogen-bond acceptors (Lipinski definition) is 6. The van der Waals surface area contributed by atoms with Gasteiger partial charge in [0, 0.05) is 12.3 Å². The molecule has 1 heterocycles. The maximum Gasteiger partial charge on any atom is 0.412 e. The Morgan fingerprint density at radius 3 is 2.63 bits per heavy atom. The number of esters is 1. The summed E-state index contributed by atoms with van der Waals surface area (Å²) in [5, 5.41) is 10.9. The third-order valence-electron chi connectivity index (χ3n) is 2.23. The van der Waals surface area contributed by atoms with E-state index in [-0.39, 0.29) is 11.6 Å². The molecule has 0 radical (unpaired) electrons. The number of rotatable bonds is 3. The van der Waals surface area contributed by atoms with Crippen LogP contribution in [-0.4, -0.2) is 45.9 Å². The van der Waals surface area contributed by atoms with E-state index in [4.69, 9.17) is 23.2 Å². The van der Waals surface area contributed by atoms with E-state index < -0.39 is 27.3 Å². The van der Waals surface area contributed by atoms with E-state index in [0.29, 0.717) is 12.2 Å². The second kappa shape index (κ2) is 6.97. The van der Waals surface area contributed by atoms with Crippen LogP contribution in [0.15, 0.2) is 10.7 Å². The van der Waals surface area contributed by atoms with Gasteiger partial charge in [0.05, 0.1) is 12.0 Å². The Kier molecular flexibility index (Phi) is 5.89. The Bertz CT molecular complexity index is 440. The molecule has 0 bridgehead atoms. The molecule has 1 rings (SSSR count). The summed E-state index contributed by atoms with van der Waals surface area (Å²) >= 11 is 12.0. The Hall–Kier alpha value is -0.990. The minimum absolute atomic E-state index is 0.0839. The summed E-state index contributed by atoms with van der Waals surface area (Å²) in [6.07, 6.45) is 0.618. The van der Waals surface area contributed by atoms with Gasteiger partial charge in [-0.1, -0.05) is 23.2 Å². The first-order valence-corrected chi connectivity index (χ1v) is 6.95. The van der Waals surface area contributed by atoms with Crippen LogP contribution >= 0.6 is 35.0 Å². The normalized spacial score (nSPS) is 18.2. The lowest BCUT2D eigenvalue weighted by molar-refractivity contribution is -0.422. The summed E-state index contributed by atoms with van der Waals surface area (Å²) in [5.74, 6) is -1.27. The molecule has 0 atom stereocenters. The number of amides is 1. The van der Waals surface area contributed by atoms with Gasteiger partial charge in [0.1, 0.15) is 0 Å². The first-order chi connectivity index (χ1) is 8.90. The van der Waals surface area contributed by atoms with Crippen LogP contribution in [-0.2, 0) is 14.3 Å². The topological polar surface area (TPSA) is 89.8 Å². The fourth-order valence-electron chi connectivity index (χ4n) is 1.43. The highest BCUT2D eigenvalue weighted by Gasteiger charge is 2.37. The van der Waals surface area contributed by atoms with Gasteiger partial charge in [0.25, 0.3) is 5.91 Å². The molecule has 0 aromatic rings. The van der Waals surface area contributed by atoms with Gasteiger partial charge in [-0.25, -0.2) is 4.79 Å². The van der Waals surface area contributed by atoms with Gasteiger partial charge in [-0.3, -0.25) is 19.8 Å². The summed E-state index contributed by atoms with van der Waals surface area (Å²) in [4.78, 5) is 33.0. The Morgan fingerprint density at radius 1 is 1.53 bits per heavy atom. The van der Waals surface area contributed by atoms with Gasteiger partial charge in [0.15, 0.2) is 9.87 Å². The molecule has 106 valence electrons. The minimum atomic E-state index is -1.35. The van der Waals surface area contributed by atoms with Crippen LogP contribution in [0, 0.1) is 10.1 Å². The molecule has 10 heteroatoms. The number of carbonyl (C=O) groups is 2. The summed E-state index contributed by atoms with van der Waals surface area (Å²) in [5.41, 5.74) is -0.783. The molecule has 0 aliphatic carbocycles. The standard InChI is InChI=1S/C9H10Cl2N2O5S/c1-18-9(15)5(13(16)17)8-12(3-2-4-19-8)7(14)6(10)11/h6H,2-4H2,1H3. The first-order valence-electron chi connectivity index (χ1n) is 5.09. The summed E-state index contributed by atoms with van der Waals surface area (Å²) in [6, 6.07) is 0. The number of alkyl halides is 2. The van der Waals surface area contributed by atoms with Crippen molar-refractivity contribution in [1.29, 1.82) is 0 Å². The maximum atomic E-state index is 11.8. The van der Waals surface area contributed by atoms with Crippen LogP contribution in [0.1, 0.15) is 6.42 Å². The van der Waals surface area contributed by atoms with Crippen LogP contribution in [0.5, 0.6) is 0 Å². The average Bonchev–Trinajstić information content (AvgIpc) is 2.38. The van der Waals surface area contributed by atoms with Crippen LogP contribution in [0.2, 0.25) is 0 Å². The second-order valence-corrected chi connectivity index (χ2v) is 5.57. The van der Waals surface area contributed by atoms with E-state index in [2.05, 4.69) is 4.74 Å². The summed E-state index contributed by atoms with van der Waals surface area (Å²) in [7, 11) is 1.03. The Morgan fingerprint density at radius 2 is 2.16 bits per heavy atom. The molecule has 0 unspecified atom stereocenters. The molecule has 19 heavy (non-hydrogen) atoms. The Balaban J connectivity index is 3.25. The number of nitrogens with zero attached hydrogens (tertiary/aromatic N) is 2. The fourth-order valence-corrected chi connectivity index (χ4v) is 2.77. The highest BCUT2D eigenvalue weighted by atomic mass is 35.5. The molecule has 1 saturated heterocycles. The van der Waals surface area contributed by atoms with Crippen molar-refractivity contribution in [1.82, 2.24) is 4.90 Å². The number of thioether (sulfide) groups is 1. The molecule has 0 saturated carbocycles. The molecular formula is C9H10Cl2N2O5S. The third kappa shape index (κ3) is 3.74. The van der Waals surface area contributed by atoms with Crippen LogP contribution < -0.4 is 0 Å². The number of nitro groups is 1. The van der Waals surface area contributed by atoms with Crippen LogP contribution in [0.4, 0.5) is 0 Å². The van der Waals surface area contributed by atoms with E-state index in [1.54, 1.807) is 0 Å². The maximum absolute atomic E-state index is 11.8. The molecule has 1 aliphatic rings. The highest BCUT2D eigenvalue weighted by Crippen LogP contribution is 2.32. The van der Waals surface area contributed by atoms with Crippen molar-refractivity contribution < 1.29 is 19.2 Å². The van der Waals surface area contributed by atoms with Gasteiger partial charge in [-0.2, -0.15) is 0 Å². The van der Waals surface area contributed by atoms with E-state index in [9.17, 15) is 19.7 Å². The second-order valence-electron chi connectivity index (χ2n) is 3.40. The zero-order valence-corrected chi connectivity index (χ0v) is 12.1. The van der Waals surface area contributed by atoms with E-state index in [1.165, 1.54) is 0 Å². The van der Waals surface area contributed by atoms with Crippen molar-refractivity contribution in [3.63, 3.8) is 0 Å². The molecular weight excluding hydrogens is 319 g/mol. The van der Waals surface area contributed by atoms with Crippen molar-refractivity contribution in [2.45, 2.75) is 11.3 Å². The zero-order valence-electron chi connectivity index (χ0n) is 9.80. The molecule has 0 aromatic carbocycles. The van der Waals surface area contributed by atoms with Crippen molar-refractivity contribution in [3.8, 4) is 0 Å². The van der Waals surface area contributed by atoms with Crippen LogP contribution in [0.3, 0.4) is 0 Å². The highest BCUT2D eigenvalue weighted by molar-refractivity contribution is 8.03. The average molecular weight is 329 g/mol. The third-order valence-corrected chi connectivity index (χ3v) is 3.78. The molecule has 0 aromatic heterocycles. The first kappa shape index (κ1) is 16.1. The van der Waals surface area contributed by atoms with Gasteiger partial charge < -0.3 is 4.74 Å². The monoisotopic (exact) mass is 328 g/mol. The Labute approximate surface area is 123 Å². The predicted octanol–water partition coefficient (Wildman–Crippen LogP) is 1.37. The van der Waals surface area contributed by atoms with Gasteiger partial charge in [-0.05, 0) is 6.42 Å². The zero-order chi connectivity index (χ0) is 14.6. The van der Waals surface area contributed by atoms with Gasteiger partial charge >= 0.3 is 11.7 Å². The van der Waals surface area contributed by atoms with Gasteiger partial charge in [0.2, 0.25) is 0 Å². The lowest BCUT2D eigenvalue weighted by Crippen LogP contribution is -2.39. The van der Waals surface area contributed by atoms with Crippen molar-refractivity contribution in [3.05, 3.63) is 20.8 Å². The fraction of sp³-hybridized carbons (Fsp3) is 0.556. The number of ether oxygens (including phenoxy) is 1. The van der Waals surface area contributed by atoms with E-state index in [1.807, 2.05) is 0 Å². The smallest absolute Gasteiger partial charge is 0.412 e. The largest absolute Gasteiger partial charge is 0.461 e.